The summed E-state index contributed by atoms with van der Waals surface area (Å²) in [6.07, 6.45) is 1.09. The molecular weight excluding hydrogens is 260 g/mol. The highest BCUT2D eigenvalue weighted by atomic mass is 16.6. The molecule has 0 aliphatic heterocycles. The minimum absolute atomic E-state index is 0.0376. The Kier molecular flexibility index (Phi) is 6.72. The lowest BCUT2D eigenvalue weighted by molar-refractivity contribution is -0.384. The van der Waals surface area contributed by atoms with Crippen LogP contribution in [0, 0.1) is 10.1 Å². The van der Waals surface area contributed by atoms with Crippen LogP contribution in [0.1, 0.15) is 20.3 Å². The van der Waals surface area contributed by atoms with Gasteiger partial charge in [0.2, 0.25) is 11.7 Å². The Hall–Kier alpha value is -1.89. The molecule has 0 saturated carbocycles. The number of hydrogen-bond donors (Lipinski definition) is 1. The van der Waals surface area contributed by atoms with Crippen molar-refractivity contribution in [3.05, 3.63) is 22.2 Å². The third-order valence-electron chi connectivity index (χ3n) is 2.96. The van der Waals surface area contributed by atoms with Crippen molar-refractivity contribution in [2.45, 2.75) is 20.3 Å². The Bertz CT molecular complexity index is 440. The zero-order valence-electron chi connectivity index (χ0n) is 12.3. The molecule has 112 valence electrons. The molecule has 0 radical (unpaired) electrons. The van der Waals surface area contributed by atoms with Gasteiger partial charge in [0.25, 0.3) is 0 Å². The zero-order chi connectivity index (χ0) is 15.0. The van der Waals surface area contributed by atoms with E-state index >= 15 is 0 Å². The molecule has 1 rings (SSSR count). The standard InChI is InChI=1S/C13H22N4O3/c1-4-9-16(5-2)10-8-14-13-11(17(18)19)6-7-12(15-13)20-3/h6-7H,4-5,8-10H2,1-3H3,(H,14,15). The first-order valence-electron chi connectivity index (χ1n) is 6.78. The number of hydrogen-bond acceptors (Lipinski definition) is 6. The van der Waals surface area contributed by atoms with Crippen LogP contribution in [-0.4, -0.2) is 48.1 Å². The monoisotopic (exact) mass is 282 g/mol. The molecule has 7 heteroatoms. The molecule has 0 spiro atoms. The van der Waals surface area contributed by atoms with E-state index in [1.165, 1.54) is 19.2 Å². The molecule has 20 heavy (non-hydrogen) atoms. The molecule has 0 aliphatic rings. The normalized spacial score (nSPS) is 10.6. The summed E-state index contributed by atoms with van der Waals surface area (Å²) in [6, 6.07) is 2.89. The van der Waals surface area contributed by atoms with Crippen LogP contribution in [0.4, 0.5) is 11.5 Å². The van der Waals surface area contributed by atoms with Crippen LogP contribution in [0.15, 0.2) is 12.1 Å². The van der Waals surface area contributed by atoms with Gasteiger partial charge in [0.15, 0.2) is 0 Å². The topological polar surface area (TPSA) is 80.5 Å². The molecule has 0 aromatic carbocycles. The van der Waals surface area contributed by atoms with E-state index in [-0.39, 0.29) is 11.5 Å². The molecule has 1 aromatic rings. The molecule has 0 aliphatic carbocycles. The number of pyridine rings is 1. The highest BCUT2D eigenvalue weighted by Crippen LogP contribution is 2.24. The Labute approximate surface area is 119 Å². The summed E-state index contributed by atoms with van der Waals surface area (Å²) in [7, 11) is 1.48. The Balaban J connectivity index is 2.67. The van der Waals surface area contributed by atoms with Crippen molar-refractivity contribution in [1.82, 2.24) is 9.88 Å². The van der Waals surface area contributed by atoms with E-state index in [1.807, 2.05) is 0 Å². The number of aromatic nitrogens is 1. The number of nitrogens with one attached hydrogen (secondary N) is 1. The fourth-order valence-corrected chi connectivity index (χ4v) is 1.90. The average molecular weight is 282 g/mol. The van der Waals surface area contributed by atoms with E-state index in [0.717, 1.165) is 26.1 Å². The number of anilines is 1. The summed E-state index contributed by atoms with van der Waals surface area (Å²) in [4.78, 5) is 16.9. The SMILES string of the molecule is CCCN(CC)CCNc1nc(OC)ccc1[N+](=O)[O-]. The number of likely N-dealkylation sites (N-methyl/N-ethyl adjacent to an activating group) is 1. The van der Waals surface area contributed by atoms with Gasteiger partial charge in [-0.25, -0.2) is 0 Å². The molecule has 0 saturated heterocycles. The summed E-state index contributed by atoms with van der Waals surface area (Å²) in [6.45, 7) is 7.64. The third kappa shape index (κ3) is 4.65. The van der Waals surface area contributed by atoms with E-state index in [9.17, 15) is 10.1 Å². The number of methoxy groups -OCH3 is 1. The van der Waals surface area contributed by atoms with Crippen molar-refractivity contribution in [1.29, 1.82) is 0 Å². The van der Waals surface area contributed by atoms with Gasteiger partial charge in [-0.15, -0.1) is 0 Å². The van der Waals surface area contributed by atoms with Crippen molar-refractivity contribution in [2.75, 3.05) is 38.6 Å². The van der Waals surface area contributed by atoms with Crippen molar-refractivity contribution in [2.24, 2.45) is 0 Å². The number of nitrogens with zero attached hydrogens (tertiary/aromatic N) is 3. The van der Waals surface area contributed by atoms with E-state index in [2.05, 4.69) is 29.0 Å². The number of rotatable bonds is 9. The second-order valence-corrected chi connectivity index (χ2v) is 4.34. The summed E-state index contributed by atoms with van der Waals surface area (Å²) in [5.74, 6) is 0.612. The first-order chi connectivity index (χ1) is 9.62. The van der Waals surface area contributed by atoms with E-state index in [0.29, 0.717) is 12.4 Å². The predicted octanol–water partition coefficient (Wildman–Crippen LogP) is 2.14. The van der Waals surface area contributed by atoms with Crippen molar-refractivity contribution in [3.8, 4) is 5.88 Å². The van der Waals surface area contributed by atoms with Crippen molar-refractivity contribution >= 4 is 11.5 Å². The van der Waals surface area contributed by atoms with Gasteiger partial charge in [-0.05, 0) is 19.5 Å². The Morgan fingerprint density at radius 1 is 1.40 bits per heavy atom. The Morgan fingerprint density at radius 3 is 2.70 bits per heavy atom. The van der Waals surface area contributed by atoms with Gasteiger partial charge in [0.1, 0.15) is 0 Å². The largest absolute Gasteiger partial charge is 0.481 e. The molecule has 7 nitrogen and oxygen atoms in total. The molecule has 0 atom stereocenters. The van der Waals surface area contributed by atoms with Crippen molar-refractivity contribution in [3.63, 3.8) is 0 Å². The van der Waals surface area contributed by atoms with Gasteiger partial charge < -0.3 is 15.0 Å². The van der Waals surface area contributed by atoms with Gasteiger partial charge in [-0.1, -0.05) is 13.8 Å². The molecule has 0 unspecified atom stereocenters. The maximum Gasteiger partial charge on any atom is 0.311 e. The second kappa shape index (κ2) is 8.31. The summed E-state index contributed by atoms with van der Waals surface area (Å²) in [5, 5.41) is 14.0. The maximum absolute atomic E-state index is 11.0. The molecule has 0 bridgehead atoms. The van der Waals surface area contributed by atoms with Crippen LogP contribution in [0.2, 0.25) is 0 Å². The zero-order valence-corrected chi connectivity index (χ0v) is 12.3. The van der Waals surface area contributed by atoms with E-state index in [1.54, 1.807) is 0 Å². The lowest BCUT2D eigenvalue weighted by atomic mass is 10.3. The first-order valence-corrected chi connectivity index (χ1v) is 6.78. The lowest BCUT2D eigenvalue weighted by Crippen LogP contribution is -2.29. The van der Waals surface area contributed by atoms with Crippen LogP contribution >= 0.6 is 0 Å². The second-order valence-electron chi connectivity index (χ2n) is 4.34. The smallest absolute Gasteiger partial charge is 0.311 e. The summed E-state index contributed by atoms with van der Waals surface area (Å²) >= 11 is 0. The highest BCUT2D eigenvalue weighted by Gasteiger charge is 2.16. The molecule has 1 aromatic heterocycles. The maximum atomic E-state index is 11.0. The summed E-state index contributed by atoms with van der Waals surface area (Å²) in [5.41, 5.74) is -0.0376. The molecule has 0 fully saturated rings. The minimum Gasteiger partial charge on any atom is -0.481 e. The molecule has 1 N–H and O–H groups in total. The third-order valence-corrected chi connectivity index (χ3v) is 2.96. The number of ether oxygens (including phenoxy) is 1. The average Bonchev–Trinajstić information content (AvgIpc) is 2.45. The van der Waals surface area contributed by atoms with Crippen LogP contribution in [0.5, 0.6) is 5.88 Å². The van der Waals surface area contributed by atoms with Gasteiger partial charge in [-0.2, -0.15) is 4.98 Å². The van der Waals surface area contributed by atoms with Crippen LogP contribution in [0.3, 0.4) is 0 Å². The van der Waals surface area contributed by atoms with Gasteiger partial charge in [-0.3, -0.25) is 10.1 Å². The number of nitro groups is 1. The van der Waals surface area contributed by atoms with Gasteiger partial charge in [0.05, 0.1) is 12.0 Å². The summed E-state index contributed by atoms with van der Waals surface area (Å²) < 4.78 is 4.99. The Morgan fingerprint density at radius 2 is 2.15 bits per heavy atom. The molecule has 1 heterocycles. The highest BCUT2D eigenvalue weighted by molar-refractivity contribution is 5.57. The van der Waals surface area contributed by atoms with Gasteiger partial charge in [0, 0.05) is 25.2 Å². The van der Waals surface area contributed by atoms with Crippen LogP contribution < -0.4 is 10.1 Å². The predicted molar refractivity (Wildman–Crippen MR) is 78.3 cm³/mol. The van der Waals surface area contributed by atoms with Crippen LogP contribution in [0.25, 0.3) is 0 Å². The fraction of sp³-hybridized carbons (Fsp3) is 0.615. The van der Waals surface area contributed by atoms with Crippen molar-refractivity contribution < 1.29 is 9.66 Å². The molecule has 0 amide bonds. The van der Waals surface area contributed by atoms with E-state index < -0.39 is 4.92 Å². The minimum atomic E-state index is -0.446. The first kappa shape index (κ1) is 16.2. The van der Waals surface area contributed by atoms with E-state index in [4.69, 9.17) is 4.74 Å². The fourth-order valence-electron chi connectivity index (χ4n) is 1.90. The lowest BCUT2D eigenvalue weighted by Gasteiger charge is -2.19. The molecular formula is C13H22N4O3. The van der Waals surface area contributed by atoms with Crippen LogP contribution in [-0.2, 0) is 0 Å². The van der Waals surface area contributed by atoms with Gasteiger partial charge >= 0.3 is 5.69 Å². The quantitative estimate of drug-likeness (QED) is 0.552.